The minimum atomic E-state index is -4.66. The van der Waals surface area contributed by atoms with Crippen LogP contribution in [0.15, 0.2) is 30.3 Å². The number of hydrogen-bond donors (Lipinski definition) is 1. The third-order valence-corrected chi connectivity index (χ3v) is 5.04. The number of nitrogens with zero attached hydrogens (tertiary/aromatic N) is 2. The molecule has 1 aromatic carbocycles. The Labute approximate surface area is 154 Å². The van der Waals surface area contributed by atoms with Crippen molar-refractivity contribution in [1.29, 1.82) is 0 Å². The van der Waals surface area contributed by atoms with Gasteiger partial charge in [-0.3, -0.25) is 14.5 Å². The molecule has 0 saturated carbocycles. The number of benzene rings is 1. The van der Waals surface area contributed by atoms with Crippen molar-refractivity contribution in [1.82, 2.24) is 9.80 Å². The van der Waals surface area contributed by atoms with Crippen LogP contribution < -0.4 is 0 Å². The first-order chi connectivity index (χ1) is 12.8. The smallest absolute Gasteiger partial charge is 0.394 e. The number of rotatable bonds is 4. The Kier molecular flexibility index (Phi) is 5.71. The van der Waals surface area contributed by atoms with Crippen molar-refractivity contribution in [3.05, 3.63) is 35.9 Å². The maximum absolute atomic E-state index is 13.1. The van der Waals surface area contributed by atoms with E-state index in [0.717, 1.165) is 10.5 Å². The molecule has 0 radical (unpaired) electrons. The maximum Gasteiger partial charge on any atom is 0.394 e. The third-order valence-electron chi connectivity index (χ3n) is 5.04. The predicted molar refractivity (Wildman–Crippen MR) is 88.7 cm³/mol. The largest absolute Gasteiger partial charge is 0.481 e. The van der Waals surface area contributed by atoms with E-state index in [9.17, 15) is 22.8 Å². The van der Waals surface area contributed by atoms with Crippen molar-refractivity contribution in [2.75, 3.05) is 32.8 Å². The number of hydrogen-bond acceptors (Lipinski definition) is 4. The van der Waals surface area contributed by atoms with Crippen LogP contribution >= 0.6 is 0 Å². The molecule has 1 aromatic rings. The molecule has 2 heterocycles. The van der Waals surface area contributed by atoms with E-state index in [1.165, 1.54) is 0 Å². The number of halogens is 3. The highest BCUT2D eigenvalue weighted by Gasteiger charge is 2.54. The normalized spacial score (nSPS) is 26.9. The van der Waals surface area contributed by atoms with Crippen LogP contribution in [0.1, 0.15) is 5.56 Å². The summed E-state index contributed by atoms with van der Waals surface area (Å²) in [6, 6.07) is 9.63. The summed E-state index contributed by atoms with van der Waals surface area (Å²) in [4.78, 5) is 26.8. The zero-order chi connectivity index (χ0) is 19.6. The summed E-state index contributed by atoms with van der Waals surface area (Å²) in [7, 11) is 0. The van der Waals surface area contributed by atoms with Gasteiger partial charge >= 0.3 is 12.1 Å². The quantitative estimate of drug-likeness (QED) is 0.852. The summed E-state index contributed by atoms with van der Waals surface area (Å²) >= 11 is 0. The Bertz CT molecular complexity index is 683. The SMILES string of the molecule is O=C(O)[C@@H]1CN(C(=O)C2CN(Cc3ccccc3)CCO2)C[C@H]1C(F)(F)F. The van der Waals surface area contributed by atoms with Gasteiger partial charge in [0.15, 0.2) is 0 Å². The van der Waals surface area contributed by atoms with Gasteiger partial charge < -0.3 is 14.7 Å². The number of aliphatic carboxylic acids is 1. The summed E-state index contributed by atoms with van der Waals surface area (Å²) in [6.45, 7) is 0.689. The summed E-state index contributed by atoms with van der Waals surface area (Å²) < 4.78 is 44.8. The molecular weight excluding hydrogens is 365 g/mol. The molecule has 1 N–H and O–H groups in total. The number of likely N-dealkylation sites (tertiary alicyclic amines) is 1. The van der Waals surface area contributed by atoms with Gasteiger partial charge in [-0.05, 0) is 5.56 Å². The van der Waals surface area contributed by atoms with Crippen molar-refractivity contribution in [3.63, 3.8) is 0 Å². The lowest BCUT2D eigenvalue weighted by Gasteiger charge is -2.34. The monoisotopic (exact) mass is 386 g/mol. The number of amides is 1. The minimum Gasteiger partial charge on any atom is -0.481 e. The lowest BCUT2D eigenvalue weighted by Crippen LogP contribution is -2.50. The highest BCUT2D eigenvalue weighted by Crippen LogP contribution is 2.38. The van der Waals surface area contributed by atoms with Crippen LogP contribution in [-0.4, -0.2) is 71.8 Å². The third kappa shape index (κ3) is 4.59. The van der Waals surface area contributed by atoms with Gasteiger partial charge in [-0.15, -0.1) is 0 Å². The van der Waals surface area contributed by atoms with E-state index in [1.54, 1.807) is 0 Å². The van der Waals surface area contributed by atoms with Crippen LogP contribution in [0.2, 0.25) is 0 Å². The fourth-order valence-corrected chi connectivity index (χ4v) is 3.61. The first-order valence-electron chi connectivity index (χ1n) is 8.72. The summed E-state index contributed by atoms with van der Waals surface area (Å²) in [6.07, 6.45) is -5.55. The molecule has 0 aliphatic carbocycles. The average Bonchev–Trinajstić information content (AvgIpc) is 3.08. The molecule has 0 spiro atoms. The van der Waals surface area contributed by atoms with Gasteiger partial charge in [-0.25, -0.2) is 0 Å². The van der Waals surface area contributed by atoms with Gasteiger partial charge in [-0.2, -0.15) is 13.2 Å². The summed E-state index contributed by atoms with van der Waals surface area (Å²) in [5, 5.41) is 9.09. The molecule has 6 nitrogen and oxygen atoms in total. The fourth-order valence-electron chi connectivity index (χ4n) is 3.61. The lowest BCUT2D eigenvalue weighted by atomic mass is 9.96. The van der Waals surface area contributed by atoms with E-state index in [4.69, 9.17) is 9.84 Å². The van der Waals surface area contributed by atoms with Gasteiger partial charge in [0.25, 0.3) is 5.91 Å². The summed E-state index contributed by atoms with van der Waals surface area (Å²) in [5.41, 5.74) is 1.06. The fraction of sp³-hybridized carbons (Fsp3) is 0.556. The Morgan fingerprint density at radius 3 is 2.44 bits per heavy atom. The number of carboxylic acid groups (broad SMARTS) is 1. The number of carbonyl (C=O) groups excluding carboxylic acids is 1. The van der Waals surface area contributed by atoms with E-state index in [0.29, 0.717) is 19.7 Å². The molecule has 2 aliphatic rings. The van der Waals surface area contributed by atoms with Crippen molar-refractivity contribution in [2.24, 2.45) is 11.8 Å². The Morgan fingerprint density at radius 1 is 1.15 bits per heavy atom. The number of carboxylic acids is 1. The number of morpholine rings is 1. The molecule has 148 valence electrons. The highest BCUT2D eigenvalue weighted by molar-refractivity contribution is 5.83. The molecule has 2 saturated heterocycles. The highest BCUT2D eigenvalue weighted by atomic mass is 19.4. The molecule has 0 bridgehead atoms. The number of ether oxygens (including phenoxy) is 1. The first-order valence-corrected chi connectivity index (χ1v) is 8.72. The standard InChI is InChI=1S/C18H21F3N2O4/c19-18(20,21)14-10-23(9-13(14)17(25)26)16(24)15-11-22(6-7-27-15)8-12-4-2-1-3-5-12/h1-5,13-15H,6-11H2,(H,25,26)/t13-,14-,15?/m1/s1. The van der Waals surface area contributed by atoms with Crippen LogP contribution in [0, 0.1) is 11.8 Å². The molecule has 1 unspecified atom stereocenters. The average molecular weight is 386 g/mol. The molecule has 9 heteroatoms. The van der Waals surface area contributed by atoms with E-state index >= 15 is 0 Å². The maximum atomic E-state index is 13.1. The Balaban J connectivity index is 1.64. The second-order valence-corrected chi connectivity index (χ2v) is 6.92. The van der Waals surface area contributed by atoms with Gasteiger partial charge in [-0.1, -0.05) is 30.3 Å². The van der Waals surface area contributed by atoms with Gasteiger partial charge in [0.05, 0.1) is 18.4 Å². The second kappa shape index (κ2) is 7.85. The predicted octanol–water partition coefficient (Wildman–Crippen LogP) is 1.61. The topological polar surface area (TPSA) is 70.1 Å². The molecular formula is C18H21F3N2O4. The minimum absolute atomic E-state index is 0.263. The van der Waals surface area contributed by atoms with Gasteiger partial charge in [0.1, 0.15) is 6.10 Å². The molecule has 3 rings (SSSR count). The van der Waals surface area contributed by atoms with Crippen LogP contribution in [0.5, 0.6) is 0 Å². The molecule has 27 heavy (non-hydrogen) atoms. The Morgan fingerprint density at radius 2 is 1.85 bits per heavy atom. The van der Waals surface area contributed by atoms with Crippen molar-refractivity contribution in [3.8, 4) is 0 Å². The lowest BCUT2D eigenvalue weighted by molar-refractivity contribution is -0.188. The Hall–Kier alpha value is -2.13. The van der Waals surface area contributed by atoms with Crippen LogP contribution in [0.3, 0.4) is 0 Å². The van der Waals surface area contributed by atoms with E-state index in [2.05, 4.69) is 0 Å². The second-order valence-electron chi connectivity index (χ2n) is 6.92. The molecule has 0 aromatic heterocycles. The van der Waals surface area contributed by atoms with Crippen LogP contribution in [0.25, 0.3) is 0 Å². The van der Waals surface area contributed by atoms with E-state index in [-0.39, 0.29) is 6.54 Å². The van der Waals surface area contributed by atoms with E-state index in [1.807, 2.05) is 35.2 Å². The van der Waals surface area contributed by atoms with Crippen molar-refractivity contribution >= 4 is 11.9 Å². The zero-order valence-electron chi connectivity index (χ0n) is 14.6. The van der Waals surface area contributed by atoms with Crippen LogP contribution in [-0.2, 0) is 20.9 Å². The van der Waals surface area contributed by atoms with Crippen LogP contribution in [0.4, 0.5) is 13.2 Å². The van der Waals surface area contributed by atoms with E-state index < -0.39 is 49.1 Å². The van der Waals surface area contributed by atoms with Crippen molar-refractivity contribution < 1.29 is 32.6 Å². The molecule has 1 amide bonds. The number of alkyl halides is 3. The van der Waals surface area contributed by atoms with Gasteiger partial charge in [0, 0.05) is 32.7 Å². The first kappa shape index (κ1) is 19.6. The molecule has 2 fully saturated rings. The number of carbonyl (C=O) groups is 2. The zero-order valence-corrected chi connectivity index (χ0v) is 14.6. The van der Waals surface area contributed by atoms with Gasteiger partial charge in [0.2, 0.25) is 0 Å². The molecule has 2 aliphatic heterocycles. The van der Waals surface area contributed by atoms with Crippen molar-refractivity contribution in [2.45, 2.75) is 18.8 Å². The summed E-state index contributed by atoms with van der Waals surface area (Å²) in [5.74, 6) is -5.81. The molecule has 3 atom stereocenters.